The Bertz CT molecular complexity index is 782. The third-order valence-corrected chi connectivity index (χ3v) is 4.14. The Morgan fingerprint density at radius 1 is 0.960 bits per heavy atom. The maximum absolute atomic E-state index is 12.1. The molecule has 0 radical (unpaired) electrons. The van der Waals surface area contributed by atoms with Crippen LogP contribution >= 0.6 is 0 Å². The van der Waals surface area contributed by atoms with Crippen LogP contribution < -0.4 is 0 Å². The maximum atomic E-state index is 12.1. The number of oxazole rings is 1. The van der Waals surface area contributed by atoms with E-state index in [9.17, 15) is 4.79 Å². The minimum atomic E-state index is 0.183. The highest BCUT2D eigenvalue weighted by molar-refractivity contribution is 5.80. The Hall–Kier alpha value is -2.75. The summed E-state index contributed by atoms with van der Waals surface area (Å²) in [7, 11) is 0. The van der Waals surface area contributed by atoms with E-state index in [1.54, 1.807) is 18.7 Å². The SMILES string of the molecule is O=C(CCCCCc1ccccc1)Cc1nc(-c2ccncc2)co1. The third kappa shape index (κ3) is 5.38. The van der Waals surface area contributed by atoms with Gasteiger partial charge in [-0.05, 0) is 37.0 Å². The fraction of sp³-hybridized carbons (Fsp3) is 0.286. The number of Topliss-reactive ketones (excluding diaryl/α,β-unsaturated/α-hetero) is 1. The van der Waals surface area contributed by atoms with Crippen molar-refractivity contribution in [3.8, 4) is 11.3 Å². The smallest absolute Gasteiger partial charge is 0.202 e. The quantitative estimate of drug-likeness (QED) is 0.534. The zero-order valence-corrected chi connectivity index (χ0v) is 14.2. The molecule has 128 valence electrons. The zero-order chi connectivity index (χ0) is 17.3. The Morgan fingerprint density at radius 3 is 2.56 bits per heavy atom. The molecule has 0 amide bonds. The molecule has 2 heterocycles. The summed E-state index contributed by atoms with van der Waals surface area (Å²) in [6.07, 6.45) is 10.0. The van der Waals surface area contributed by atoms with Crippen molar-refractivity contribution in [2.24, 2.45) is 0 Å². The van der Waals surface area contributed by atoms with Gasteiger partial charge in [0.25, 0.3) is 0 Å². The van der Waals surface area contributed by atoms with Gasteiger partial charge < -0.3 is 4.42 Å². The number of hydrogen-bond acceptors (Lipinski definition) is 4. The molecule has 0 aliphatic heterocycles. The summed E-state index contributed by atoms with van der Waals surface area (Å²) >= 11 is 0. The normalized spacial score (nSPS) is 10.7. The van der Waals surface area contributed by atoms with Gasteiger partial charge in [0.2, 0.25) is 5.89 Å². The highest BCUT2D eigenvalue weighted by Crippen LogP contribution is 2.18. The van der Waals surface area contributed by atoms with E-state index in [0.717, 1.165) is 36.9 Å². The van der Waals surface area contributed by atoms with Crippen molar-refractivity contribution in [2.75, 3.05) is 0 Å². The number of ketones is 1. The average molecular weight is 334 g/mol. The molecule has 0 aliphatic carbocycles. The van der Waals surface area contributed by atoms with Gasteiger partial charge in [-0.25, -0.2) is 4.98 Å². The summed E-state index contributed by atoms with van der Waals surface area (Å²) in [6, 6.07) is 14.2. The number of nitrogens with zero attached hydrogens (tertiary/aromatic N) is 2. The van der Waals surface area contributed by atoms with E-state index in [1.165, 1.54) is 5.56 Å². The molecule has 4 heteroatoms. The second-order valence-electron chi connectivity index (χ2n) is 6.12. The van der Waals surface area contributed by atoms with Gasteiger partial charge in [0.05, 0.1) is 6.42 Å². The number of benzene rings is 1. The van der Waals surface area contributed by atoms with Gasteiger partial charge in [-0.2, -0.15) is 0 Å². The van der Waals surface area contributed by atoms with Crippen molar-refractivity contribution in [1.82, 2.24) is 9.97 Å². The van der Waals surface area contributed by atoms with E-state index in [4.69, 9.17) is 4.42 Å². The number of pyridine rings is 1. The van der Waals surface area contributed by atoms with Gasteiger partial charge in [-0.15, -0.1) is 0 Å². The van der Waals surface area contributed by atoms with E-state index in [-0.39, 0.29) is 12.2 Å². The Morgan fingerprint density at radius 2 is 1.76 bits per heavy atom. The van der Waals surface area contributed by atoms with Crippen molar-refractivity contribution in [3.63, 3.8) is 0 Å². The second kappa shape index (κ2) is 8.92. The molecule has 2 aromatic heterocycles. The molecule has 3 aromatic rings. The number of hydrogen-bond donors (Lipinski definition) is 0. The topological polar surface area (TPSA) is 56.0 Å². The summed E-state index contributed by atoms with van der Waals surface area (Å²) in [6.45, 7) is 0. The first-order valence-electron chi connectivity index (χ1n) is 8.72. The number of aryl methyl sites for hydroxylation is 1. The van der Waals surface area contributed by atoms with Crippen molar-refractivity contribution in [1.29, 1.82) is 0 Å². The van der Waals surface area contributed by atoms with Crippen LogP contribution in [0.2, 0.25) is 0 Å². The highest BCUT2D eigenvalue weighted by Gasteiger charge is 2.10. The predicted octanol–water partition coefficient (Wildman–Crippen LogP) is 4.65. The summed E-state index contributed by atoms with van der Waals surface area (Å²) in [4.78, 5) is 20.5. The lowest BCUT2D eigenvalue weighted by molar-refractivity contribution is -0.118. The number of carbonyl (C=O) groups excluding carboxylic acids is 1. The van der Waals surface area contributed by atoms with E-state index in [0.29, 0.717) is 12.3 Å². The Labute approximate surface area is 147 Å². The van der Waals surface area contributed by atoms with E-state index in [2.05, 4.69) is 34.2 Å². The molecule has 1 aromatic carbocycles. The van der Waals surface area contributed by atoms with E-state index in [1.807, 2.05) is 18.2 Å². The predicted molar refractivity (Wildman–Crippen MR) is 97.1 cm³/mol. The standard InChI is InChI=1S/C21H22N2O2/c24-19(10-6-2-5-9-17-7-3-1-4-8-17)15-21-23-20(16-25-21)18-11-13-22-14-12-18/h1,3-4,7-8,11-14,16H,2,5-6,9-10,15H2. The first-order chi connectivity index (χ1) is 12.3. The van der Waals surface area contributed by atoms with Gasteiger partial charge in [0, 0.05) is 24.4 Å². The van der Waals surface area contributed by atoms with Crippen LogP contribution in [0.4, 0.5) is 0 Å². The van der Waals surface area contributed by atoms with Crippen LogP contribution in [0.25, 0.3) is 11.3 Å². The van der Waals surface area contributed by atoms with Crippen LogP contribution in [0.3, 0.4) is 0 Å². The first-order valence-corrected chi connectivity index (χ1v) is 8.72. The number of carbonyl (C=O) groups is 1. The molecule has 0 bridgehead atoms. The Kier molecular flexibility index (Phi) is 6.10. The zero-order valence-electron chi connectivity index (χ0n) is 14.2. The summed E-state index contributed by atoms with van der Waals surface area (Å²) < 4.78 is 5.42. The lowest BCUT2D eigenvalue weighted by Crippen LogP contribution is -2.03. The van der Waals surface area contributed by atoms with Crippen LogP contribution in [0.15, 0.2) is 65.5 Å². The first kappa shape index (κ1) is 17.1. The molecule has 0 N–H and O–H groups in total. The lowest BCUT2D eigenvalue weighted by atomic mass is 10.0. The summed E-state index contributed by atoms with van der Waals surface area (Å²) in [5.74, 6) is 0.670. The number of aromatic nitrogens is 2. The number of unbranched alkanes of at least 4 members (excludes halogenated alkanes) is 2. The molecule has 0 spiro atoms. The van der Waals surface area contributed by atoms with Crippen LogP contribution in [0, 0.1) is 0 Å². The fourth-order valence-corrected chi connectivity index (χ4v) is 2.78. The molecule has 4 nitrogen and oxygen atoms in total. The van der Waals surface area contributed by atoms with E-state index < -0.39 is 0 Å². The molecular weight excluding hydrogens is 312 g/mol. The highest BCUT2D eigenvalue weighted by atomic mass is 16.3. The molecule has 0 aliphatic rings. The van der Waals surface area contributed by atoms with Crippen LogP contribution in [-0.2, 0) is 17.6 Å². The monoisotopic (exact) mass is 334 g/mol. The molecule has 0 atom stereocenters. The van der Waals surface area contributed by atoms with Gasteiger partial charge in [-0.3, -0.25) is 9.78 Å². The fourth-order valence-electron chi connectivity index (χ4n) is 2.78. The molecule has 0 fully saturated rings. The molecular formula is C21H22N2O2. The third-order valence-electron chi connectivity index (χ3n) is 4.14. The molecule has 3 rings (SSSR count). The summed E-state index contributed by atoms with van der Waals surface area (Å²) in [5.41, 5.74) is 3.05. The van der Waals surface area contributed by atoms with Gasteiger partial charge >= 0.3 is 0 Å². The minimum absolute atomic E-state index is 0.183. The second-order valence-corrected chi connectivity index (χ2v) is 6.12. The summed E-state index contributed by atoms with van der Waals surface area (Å²) in [5, 5.41) is 0. The van der Waals surface area contributed by atoms with Crippen molar-refractivity contribution >= 4 is 5.78 Å². The van der Waals surface area contributed by atoms with Gasteiger partial charge in [0.15, 0.2) is 0 Å². The van der Waals surface area contributed by atoms with Crippen molar-refractivity contribution < 1.29 is 9.21 Å². The van der Waals surface area contributed by atoms with Gasteiger partial charge in [-0.1, -0.05) is 36.8 Å². The largest absolute Gasteiger partial charge is 0.448 e. The number of rotatable bonds is 9. The molecule has 0 saturated heterocycles. The molecule has 0 unspecified atom stereocenters. The molecule has 0 saturated carbocycles. The van der Waals surface area contributed by atoms with Gasteiger partial charge in [0.1, 0.15) is 17.7 Å². The minimum Gasteiger partial charge on any atom is -0.448 e. The van der Waals surface area contributed by atoms with Crippen molar-refractivity contribution in [3.05, 3.63) is 72.6 Å². The van der Waals surface area contributed by atoms with Crippen LogP contribution in [0.5, 0.6) is 0 Å². The maximum Gasteiger partial charge on any atom is 0.202 e. The van der Waals surface area contributed by atoms with Crippen molar-refractivity contribution in [2.45, 2.75) is 38.5 Å². The Balaban J connectivity index is 1.37. The average Bonchev–Trinajstić information content (AvgIpc) is 3.11. The van der Waals surface area contributed by atoms with Crippen LogP contribution in [0.1, 0.15) is 37.1 Å². The van der Waals surface area contributed by atoms with E-state index >= 15 is 0 Å². The van der Waals surface area contributed by atoms with Crippen LogP contribution in [-0.4, -0.2) is 15.8 Å². The lowest BCUT2D eigenvalue weighted by Gasteiger charge is -2.01. The molecule has 25 heavy (non-hydrogen) atoms.